The summed E-state index contributed by atoms with van der Waals surface area (Å²) in [6, 6.07) is -0.685. The molecule has 0 radical (unpaired) electrons. The Labute approximate surface area is 120 Å². The van der Waals surface area contributed by atoms with Gasteiger partial charge in [-0.3, -0.25) is 9.59 Å². The molecule has 0 bridgehead atoms. The van der Waals surface area contributed by atoms with Crippen LogP contribution in [0.1, 0.15) is 19.8 Å². The lowest BCUT2D eigenvalue weighted by Gasteiger charge is -2.19. The summed E-state index contributed by atoms with van der Waals surface area (Å²) in [5, 5.41) is 5.64. The lowest BCUT2D eigenvalue weighted by atomic mass is 10.1. The number of carbonyl (C=O) groups is 2. The summed E-state index contributed by atoms with van der Waals surface area (Å²) >= 11 is 0. The van der Waals surface area contributed by atoms with E-state index in [0.29, 0.717) is 25.9 Å². The molecule has 110 valence electrons. The van der Waals surface area contributed by atoms with Crippen LogP contribution in [0, 0.1) is 0 Å². The van der Waals surface area contributed by atoms with Gasteiger partial charge < -0.3 is 46.9 Å². The van der Waals surface area contributed by atoms with E-state index in [-0.39, 0.29) is 42.5 Å². The summed E-state index contributed by atoms with van der Waals surface area (Å²) in [6.07, 6.45) is 1.25. The van der Waals surface area contributed by atoms with Crippen LogP contribution in [0.4, 0.5) is 0 Å². The Hall–Kier alpha value is -0.400. The molecule has 0 aromatic heterocycles. The molecular formula is C10H24Cl2N4O2. The highest BCUT2D eigenvalue weighted by atomic mass is 35.5. The fraction of sp³-hybridized carbons (Fsp3) is 0.800. The molecular weight excluding hydrogens is 279 g/mol. The zero-order chi connectivity index (χ0) is 12.6. The van der Waals surface area contributed by atoms with Crippen LogP contribution in [-0.4, -0.2) is 43.9 Å². The SMILES string of the molecule is CN[C@@H](CC[NH3+])C(=O)N[C@@H](CC[NH3+])C(C)=O.[Cl-].[Cl-]. The average molecular weight is 303 g/mol. The maximum atomic E-state index is 11.8. The summed E-state index contributed by atoms with van der Waals surface area (Å²) in [4.78, 5) is 23.0. The van der Waals surface area contributed by atoms with Crippen molar-refractivity contribution in [1.82, 2.24) is 10.6 Å². The molecule has 0 unspecified atom stereocenters. The number of quaternary nitrogens is 2. The third-order valence-corrected chi connectivity index (χ3v) is 2.46. The van der Waals surface area contributed by atoms with Gasteiger partial charge in [0.05, 0.1) is 25.2 Å². The maximum absolute atomic E-state index is 11.8. The summed E-state index contributed by atoms with van der Waals surface area (Å²) < 4.78 is 0. The van der Waals surface area contributed by atoms with Crippen molar-refractivity contribution in [2.24, 2.45) is 0 Å². The van der Waals surface area contributed by atoms with E-state index < -0.39 is 6.04 Å². The summed E-state index contributed by atoms with van der Waals surface area (Å²) in [6.45, 7) is 2.79. The molecule has 6 nitrogen and oxygen atoms in total. The maximum Gasteiger partial charge on any atom is 0.237 e. The van der Waals surface area contributed by atoms with E-state index >= 15 is 0 Å². The van der Waals surface area contributed by atoms with Crippen LogP contribution in [0.25, 0.3) is 0 Å². The second-order valence-corrected chi connectivity index (χ2v) is 3.80. The van der Waals surface area contributed by atoms with Gasteiger partial charge in [0.25, 0.3) is 0 Å². The summed E-state index contributed by atoms with van der Waals surface area (Å²) in [7, 11) is 1.73. The second kappa shape index (κ2) is 13.0. The Kier molecular flexibility index (Phi) is 16.5. The third-order valence-electron chi connectivity index (χ3n) is 2.46. The monoisotopic (exact) mass is 302 g/mol. The van der Waals surface area contributed by atoms with Crippen LogP contribution in [0.3, 0.4) is 0 Å². The van der Waals surface area contributed by atoms with Crippen LogP contribution in [0.5, 0.6) is 0 Å². The Balaban J connectivity index is -0.00000112. The van der Waals surface area contributed by atoms with Gasteiger partial charge in [-0.05, 0) is 14.0 Å². The van der Waals surface area contributed by atoms with E-state index in [1.54, 1.807) is 7.05 Å². The normalized spacial score (nSPS) is 12.7. The standard InChI is InChI=1S/C10H22N4O2.2ClH/c1-7(15)8(3-5-11)14-10(16)9(13-2)4-6-12;;/h8-9,13H,3-6,11-12H2,1-2H3,(H,14,16);2*1H/t8-,9-;;/m0../s1. The molecule has 0 aliphatic rings. The van der Waals surface area contributed by atoms with Crippen molar-refractivity contribution in [2.45, 2.75) is 31.8 Å². The minimum atomic E-state index is -0.411. The van der Waals surface area contributed by atoms with Crippen LogP contribution >= 0.6 is 0 Å². The fourth-order valence-electron chi connectivity index (χ4n) is 1.46. The molecule has 0 saturated carbocycles. The van der Waals surface area contributed by atoms with E-state index in [0.717, 1.165) is 0 Å². The van der Waals surface area contributed by atoms with E-state index in [9.17, 15) is 9.59 Å². The number of hydrogen-bond donors (Lipinski definition) is 4. The number of halogens is 2. The quantitative estimate of drug-likeness (QED) is 0.357. The van der Waals surface area contributed by atoms with Crippen molar-refractivity contribution in [3.05, 3.63) is 0 Å². The topological polar surface area (TPSA) is 113 Å². The first-order valence-corrected chi connectivity index (χ1v) is 5.63. The number of carbonyl (C=O) groups excluding carboxylic acids is 2. The Morgan fingerprint density at radius 1 is 1.06 bits per heavy atom. The van der Waals surface area contributed by atoms with Crippen LogP contribution in [0.2, 0.25) is 0 Å². The van der Waals surface area contributed by atoms with Crippen molar-refractivity contribution >= 4 is 11.7 Å². The van der Waals surface area contributed by atoms with Gasteiger partial charge in [-0.1, -0.05) is 0 Å². The lowest BCUT2D eigenvalue weighted by molar-refractivity contribution is -0.369. The molecule has 8 heteroatoms. The number of Topliss-reactive ketones (excluding diaryl/α,β-unsaturated/α-hetero) is 1. The molecule has 0 saturated heterocycles. The predicted octanol–water partition coefficient (Wildman–Crippen LogP) is -9.08. The predicted molar refractivity (Wildman–Crippen MR) is 60.2 cm³/mol. The van der Waals surface area contributed by atoms with Gasteiger partial charge >= 0.3 is 0 Å². The number of ketones is 1. The van der Waals surface area contributed by atoms with Crippen LogP contribution in [-0.2, 0) is 9.59 Å². The van der Waals surface area contributed by atoms with Crippen molar-refractivity contribution in [2.75, 3.05) is 20.1 Å². The molecule has 0 aliphatic heterocycles. The van der Waals surface area contributed by atoms with Gasteiger partial charge in [0, 0.05) is 12.8 Å². The van der Waals surface area contributed by atoms with E-state index in [2.05, 4.69) is 22.1 Å². The molecule has 18 heavy (non-hydrogen) atoms. The van der Waals surface area contributed by atoms with Crippen molar-refractivity contribution in [3.8, 4) is 0 Å². The van der Waals surface area contributed by atoms with Crippen molar-refractivity contribution in [3.63, 3.8) is 0 Å². The van der Waals surface area contributed by atoms with Crippen LogP contribution < -0.4 is 46.9 Å². The van der Waals surface area contributed by atoms with Gasteiger partial charge in [0.15, 0.2) is 5.78 Å². The molecule has 0 rings (SSSR count). The molecule has 0 fully saturated rings. The first-order chi connectivity index (χ1) is 7.56. The summed E-state index contributed by atoms with van der Waals surface area (Å²) in [5.41, 5.74) is 7.40. The van der Waals surface area contributed by atoms with Gasteiger partial charge in [-0.15, -0.1) is 0 Å². The average Bonchev–Trinajstić information content (AvgIpc) is 2.24. The van der Waals surface area contributed by atoms with E-state index in [1.807, 2.05) is 0 Å². The second-order valence-electron chi connectivity index (χ2n) is 3.80. The highest BCUT2D eigenvalue weighted by Crippen LogP contribution is 1.95. The molecule has 0 spiro atoms. The van der Waals surface area contributed by atoms with Gasteiger partial charge in [0.2, 0.25) is 5.91 Å². The van der Waals surface area contributed by atoms with Crippen LogP contribution in [0.15, 0.2) is 0 Å². The summed E-state index contributed by atoms with van der Waals surface area (Å²) in [5.74, 6) is -0.165. The number of likely N-dealkylation sites (N-methyl/N-ethyl adjacent to an activating group) is 1. The highest BCUT2D eigenvalue weighted by molar-refractivity contribution is 5.89. The minimum Gasteiger partial charge on any atom is -1.00 e. The first-order valence-electron chi connectivity index (χ1n) is 5.63. The Morgan fingerprint density at radius 3 is 1.83 bits per heavy atom. The molecule has 1 amide bonds. The van der Waals surface area contributed by atoms with Gasteiger partial charge in [-0.25, -0.2) is 0 Å². The number of rotatable bonds is 8. The lowest BCUT2D eigenvalue weighted by Crippen LogP contribution is -3.00. The number of amides is 1. The molecule has 0 heterocycles. The Bertz CT molecular complexity index is 242. The largest absolute Gasteiger partial charge is 1.00 e. The van der Waals surface area contributed by atoms with Crippen molar-refractivity contribution < 1.29 is 45.9 Å². The smallest absolute Gasteiger partial charge is 0.237 e. The fourth-order valence-corrected chi connectivity index (χ4v) is 1.46. The molecule has 0 aliphatic carbocycles. The molecule has 8 N–H and O–H groups in total. The zero-order valence-electron chi connectivity index (χ0n) is 11.0. The molecule has 2 atom stereocenters. The third kappa shape index (κ3) is 8.66. The van der Waals surface area contributed by atoms with Gasteiger partial charge in [0.1, 0.15) is 0 Å². The van der Waals surface area contributed by atoms with E-state index in [1.165, 1.54) is 6.92 Å². The number of nitrogens with one attached hydrogen (secondary N) is 2. The van der Waals surface area contributed by atoms with E-state index in [4.69, 9.17) is 0 Å². The molecule has 0 aromatic carbocycles. The Morgan fingerprint density at radius 2 is 1.50 bits per heavy atom. The first kappa shape index (κ1) is 22.8. The highest BCUT2D eigenvalue weighted by Gasteiger charge is 2.22. The number of hydrogen-bond acceptors (Lipinski definition) is 3. The van der Waals surface area contributed by atoms with Crippen molar-refractivity contribution in [1.29, 1.82) is 0 Å². The molecule has 0 aromatic rings. The van der Waals surface area contributed by atoms with Gasteiger partial charge in [-0.2, -0.15) is 0 Å². The zero-order valence-corrected chi connectivity index (χ0v) is 12.5. The minimum absolute atomic E-state index is 0.